The number of hydrogen-bond donors (Lipinski definition) is 0. The van der Waals surface area contributed by atoms with Crippen molar-refractivity contribution >= 4 is 5.69 Å². The Morgan fingerprint density at radius 3 is 2.22 bits per heavy atom. The van der Waals surface area contributed by atoms with Crippen LogP contribution in [0.1, 0.15) is 26.2 Å². The maximum atomic E-state index is 2.62. The lowest BCUT2D eigenvalue weighted by Crippen LogP contribution is -2.46. The Kier molecular flexibility index (Phi) is 5.71. The second-order valence-electron chi connectivity index (χ2n) is 6.42. The first kappa shape index (κ1) is 16.1. The summed E-state index contributed by atoms with van der Waals surface area (Å²) >= 11 is 0. The van der Waals surface area contributed by atoms with Gasteiger partial charge >= 0.3 is 0 Å². The number of hydrogen-bond acceptors (Lipinski definition) is 2. The number of para-hydroxylation sites is 1. The van der Waals surface area contributed by atoms with Crippen LogP contribution in [0.4, 0.5) is 5.69 Å². The molecule has 23 heavy (non-hydrogen) atoms. The van der Waals surface area contributed by atoms with Crippen molar-refractivity contribution in [3.05, 3.63) is 54.6 Å². The van der Waals surface area contributed by atoms with Crippen molar-refractivity contribution in [2.24, 2.45) is 0 Å². The summed E-state index contributed by atoms with van der Waals surface area (Å²) in [6, 6.07) is 19.6. The summed E-state index contributed by atoms with van der Waals surface area (Å²) in [6.45, 7) is 8.19. The Balaban J connectivity index is 1.67. The van der Waals surface area contributed by atoms with Gasteiger partial charge in [0.25, 0.3) is 0 Å². The SMILES string of the molecule is CCCCCN1CCN(c2ccccc2-c2ccccc2)CC1. The smallest absolute Gasteiger partial charge is 0.0446 e. The van der Waals surface area contributed by atoms with Gasteiger partial charge in [-0.1, -0.05) is 68.3 Å². The van der Waals surface area contributed by atoms with Crippen molar-refractivity contribution in [2.75, 3.05) is 37.6 Å². The summed E-state index contributed by atoms with van der Waals surface area (Å²) in [4.78, 5) is 5.18. The predicted molar refractivity (Wildman–Crippen MR) is 100 cm³/mol. The molecule has 2 aromatic rings. The van der Waals surface area contributed by atoms with E-state index in [0.717, 1.165) is 13.1 Å². The molecule has 122 valence electrons. The van der Waals surface area contributed by atoms with Crippen LogP contribution in [0.15, 0.2) is 54.6 Å². The molecule has 3 rings (SSSR count). The molecule has 0 atom stereocenters. The fourth-order valence-corrected chi connectivity index (χ4v) is 3.41. The van der Waals surface area contributed by atoms with E-state index in [1.807, 2.05) is 0 Å². The molecule has 1 saturated heterocycles. The highest BCUT2D eigenvalue weighted by Gasteiger charge is 2.18. The summed E-state index contributed by atoms with van der Waals surface area (Å²) < 4.78 is 0. The van der Waals surface area contributed by atoms with E-state index >= 15 is 0 Å². The van der Waals surface area contributed by atoms with E-state index in [4.69, 9.17) is 0 Å². The fraction of sp³-hybridized carbons (Fsp3) is 0.429. The second-order valence-corrected chi connectivity index (χ2v) is 6.42. The predicted octanol–water partition coefficient (Wildman–Crippen LogP) is 4.67. The van der Waals surface area contributed by atoms with Gasteiger partial charge in [0.2, 0.25) is 0 Å². The van der Waals surface area contributed by atoms with Crippen LogP contribution in [0.25, 0.3) is 11.1 Å². The monoisotopic (exact) mass is 308 g/mol. The summed E-state index contributed by atoms with van der Waals surface area (Å²) in [6.07, 6.45) is 4.01. The number of nitrogens with zero attached hydrogens (tertiary/aromatic N) is 2. The van der Waals surface area contributed by atoms with Crippen LogP contribution >= 0.6 is 0 Å². The van der Waals surface area contributed by atoms with E-state index < -0.39 is 0 Å². The Morgan fingerprint density at radius 1 is 0.783 bits per heavy atom. The molecular formula is C21H28N2. The van der Waals surface area contributed by atoms with E-state index in [9.17, 15) is 0 Å². The number of unbranched alkanes of at least 4 members (excludes halogenated alkanes) is 2. The van der Waals surface area contributed by atoms with Gasteiger partial charge in [-0.3, -0.25) is 4.90 Å². The molecule has 0 N–H and O–H groups in total. The Labute approximate surface area is 140 Å². The first-order valence-electron chi connectivity index (χ1n) is 9.00. The quantitative estimate of drug-likeness (QED) is 0.716. The molecule has 0 aliphatic carbocycles. The van der Waals surface area contributed by atoms with Gasteiger partial charge in [0, 0.05) is 37.4 Å². The zero-order valence-electron chi connectivity index (χ0n) is 14.2. The van der Waals surface area contributed by atoms with Crippen LogP contribution in [-0.4, -0.2) is 37.6 Å². The third-order valence-corrected chi connectivity index (χ3v) is 4.78. The van der Waals surface area contributed by atoms with Crippen molar-refractivity contribution in [3.63, 3.8) is 0 Å². The van der Waals surface area contributed by atoms with Gasteiger partial charge in [0.05, 0.1) is 0 Å². The molecule has 1 fully saturated rings. The van der Waals surface area contributed by atoms with Crippen molar-refractivity contribution in [1.82, 2.24) is 4.90 Å². The molecule has 2 aromatic carbocycles. The molecule has 0 saturated carbocycles. The molecule has 0 bridgehead atoms. The van der Waals surface area contributed by atoms with Gasteiger partial charge in [-0.2, -0.15) is 0 Å². The maximum Gasteiger partial charge on any atom is 0.0446 e. The van der Waals surface area contributed by atoms with Gasteiger partial charge < -0.3 is 4.90 Å². The van der Waals surface area contributed by atoms with Crippen molar-refractivity contribution < 1.29 is 0 Å². The standard InChI is InChI=1S/C21H28N2/c1-2-3-9-14-22-15-17-23(18-16-22)21-13-8-7-12-20(21)19-10-5-4-6-11-19/h4-8,10-13H,2-3,9,14-18H2,1H3. The zero-order chi connectivity index (χ0) is 15.9. The summed E-state index contributed by atoms with van der Waals surface area (Å²) in [5.41, 5.74) is 4.05. The molecule has 0 radical (unpaired) electrons. The molecule has 0 amide bonds. The molecule has 0 unspecified atom stereocenters. The molecule has 2 nitrogen and oxygen atoms in total. The number of anilines is 1. The average Bonchev–Trinajstić information content (AvgIpc) is 2.63. The first-order valence-corrected chi connectivity index (χ1v) is 9.00. The summed E-state index contributed by atoms with van der Waals surface area (Å²) in [7, 11) is 0. The Hall–Kier alpha value is -1.80. The molecule has 0 spiro atoms. The van der Waals surface area contributed by atoms with Gasteiger partial charge in [-0.15, -0.1) is 0 Å². The van der Waals surface area contributed by atoms with Crippen LogP contribution < -0.4 is 4.90 Å². The van der Waals surface area contributed by atoms with E-state index in [2.05, 4.69) is 71.3 Å². The van der Waals surface area contributed by atoms with E-state index in [-0.39, 0.29) is 0 Å². The third-order valence-electron chi connectivity index (χ3n) is 4.78. The minimum absolute atomic E-state index is 1.13. The minimum atomic E-state index is 1.13. The van der Waals surface area contributed by atoms with E-state index in [1.165, 1.54) is 55.7 Å². The highest BCUT2D eigenvalue weighted by molar-refractivity contribution is 5.78. The Bertz CT molecular complexity index is 586. The third kappa shape index (κ3) is 4.14. The number of rotatable bonds is 6. The van der Waals surface area contributed by atoms with Crippen LogP contribution in [0, 0.1) is 0 Å². The molecular weight excluding hydrogens is 280 g/mol. The lowest BCUT2D eigenvalue weighted by molar-refractivity contribution is 0.253. The average molecular weight is 308 g/mol. The molecule has 2 heteroatoms. The van der Waals surface area contributed by atoms with Crippen molar-refractivity contribution in [3.8, 4) is 11.1 Å². The van der Waals surface area contributed by atoms with Gasteiger partial charge in [0.15, 0.2) is 0 Å². The molecule has 1 heterocycles. The lowest BCUT2D eigenvalue weighted by atomic mass is 10.0. The van der Waals surface area contributed by atoms with Gasteiger partial charge in [-0.05, 0) is 24.6 Å². The highest BCUT2D eigenvalue weighted by atomic mass is 15.3. The second kappa shape index (κ2) is 8.16. The largest absolute Gasteiger partial charge is 0.368 e. The Morgan fingerprint density at radius 2 is 1.48 bits per heavy atom. The topological polar surface area (TPSA) is 6.48 Å². The summed E-state index contributed by atoms with van der Waals surface area (Å²) in [5, 5.41) is 0. The van der Waals surface area contributed by atoms with Crippen LogP contribution in [-0.2, 0) is 0 Å². The first-order chi connectivity index (χ1) is 11.4. The zero-order valence-corrected chi connectivity index (χ0v) is 14.2. The van der Waals surface area contributed by atoms with E-state index in [0.29, 0.717) is 0 Å². The highest BCUT2D eigenvalue weighted by Crippen LogP contribution is 2.31. The fourth-order valence-electron chi connectivity index (χ4n) is 3.41. The lowest BCUT2D eigenvalue weighted by Gasteiger charge is -2.37. The van der Waals surface area contributed by atoms with E-state index in [1.54, 1.807) is 0 Å². The maximum absolute atomic E-state index is 2.62. The number of benzene rings is 2. The van der Waals surface area contributed by atoms with Crippen LogP contribution in [0.5, 0.6) is 0 Å². The van der Waals surface area contributed by atoms with Gasteiger partial charge in [-0.25, -0.2) is 0 Å². The molecule has 1 aliphatic heterocycles. The molecule has 1 aliphatic rings. The normalized spacial score (nSPS) is 15.8. The van der Waals surface area contributed by atoms with Crippen LogP contribution in [0.3, 0.4) is 0 Å². The van der Waals surface area contributed by atoms with Crippen molar-refractivity contribution in [2.45, 2.75) is 26.2 Å². The van der Waals surface area contributed by atoms with Gasteiger partial charge in [0.1, 0.15) is 0 Å². The molecule has 0 aromatic heterocycles. The number of piperazine rings is 1. The van der Waals surface area contributed by atoms with Crippen molar-refractivity contribution in [1.29, 1.82) is 0 Å². The minimum Gasteiger partial charge on any atom is -0.368 e. The summed E-state index contributed by atoms with van der Waals surface area (Å²) in [5.74, 6) is 0. The van der Waals surface area contributed by atoms with Crippen LogP contribution in [0.2, 0.25) is 0 Å².